The van der Waals surface area contributed by atoms with E-state index < -0.39 is 0 Å². The number of rotatable bonds is 4. The largest absolute Gasteiger partial charge is 0.382 e. The standard InChI is InChI=1S/C12H18ClN3/c1-9(7-10-3-2-5-14-10)16-11-4-6-15-12(13)8-11/h4,6,8-10,14H,2-3,5,7H2,1H3,(H,15,16). The first-order chi connectivity index (χ1) is 7.74. The molecular weight excluding hydrogens is 222 g/mol. The van der Waals surface area contributed by atoms with Crippen LogP contribution in [0.3, 0.4) is 0 Å². The lowest BCUT2D eigenvalue weighted by molar-refractivity contribution is 0.523. The quantitative estimate of drug-likeness (QED) is 0.794. The predicted molar refractivity (Wildman–Crippen MR) is 68.0 cm³/mol. The van der Waals surface area contributed by atoms with Crippen LogP contribution in [-0.2, 0) is 0 Å². The second-order valence-electron chi connectivity index (χ2n) is 4.44. The summed E-state index contributed by atoms with van der Waals surface area (Å²) in [6, 6.07) is 4.93. The summed E-state index contributed by atoms with van der Waals surface area (Å²) in [6.07, 6.45) is 5.48. The fourth-order valence-corrected chi connectivity index (χ4v) is 2.39. The van der Waals surface area contributed by atoms with Crippen molar-refractivity contribution in [3.05, 3.63) is 23.5 Å². The maximum absolute atomic E-state index is 5.84. The highest BCUT2D eigenvalue weighted by molar-refractivity contribution is 6.29. The smallest absolute Gasteiger partial charge is 0.131 e. The van der Waals surface area contributed by atoms with E-state index in [9.17, 15) is 0 Å². The lowest BCUT2D eigenvalue weighted by atomic mass is 10.1. The number of anilines is 1. The summed E-state index contributed by atoms with van der Waals surface area (Å²) in [4.78, 5) is 3.96. The van der Waals surface area contributed by atoms with Crippen LogP contribution in [0, 0.1) is 0 Å². The van der Waals surface area contributed by atoms with E-state index in [1.54, 1.807) is 6.20 Å². The highest BCUT2D eigenvalue weighted by Crippen LogP contribution is 2.16. The van der Waals surface area contributed by atoms with Crippen LogP contribution in [0.2, 0.25) is 5.15 Å². The van der Waals surface area contributed by atoms with Gasteiger partial charge in [-0.25, -0.2) is 4.98 Å². The molecule has 0 spiro atoms. The molecule has 2 heterocycles. The van der Waals surface area contributed by atoms with E-state index in [2.05, 4.69) is 22.5 Å². The van der Waals surface area contributed by atoms with Gasteiger partial charge in [0.2, 0.25) is 0 Å². The Balaban J connectivity index is 1.84. The number of hydrogen-bond donors (Lipinski definition) is 2. The topological polar surface area (TPSA) is 37.0 Å². The maximum Gasteiger partial charge on any atom is 0.131 e. The van der Waals surface area contributed by atoms with E-state index >= 15 is 0 Å². The van der Waals surface area contributed by atoms with Crippen molar-refractivity contribution in [3.63, 3.8) is 0 Å². The number of pyridine rings is 1. The van der Waals surface area contributed by atoms with Crippen molar-refractivity contribution in [1.29, 1.82) is 0 Å². The second-order valence-corrected chi connectivity index (χ2v) is 4.83. The molecule has 16 heavy (non-hydrogen) atoms. The average Bonchev–Trinajstić information content (AvgIpc) is 2.70. The highest BCUT2D eigenvalue weighted by Gasteiger charge is 2.16. The summed E-state index contributed by atoms with van der Waals surface area (Å²) in [7, 11) is 0. The molecule has 1 aliphatic rings. The zero-order chi connectivity index (χ0) is 11.4. The molecule has 1 aromatic heterocycles. The van der Waals surface area contributed by atoms with Crippen LogP contribution >= 0.6 is 11.6 Å². The summed E-state index contributed by atoms with van der Waals surface area (Å²) in [5, 5.41) is 7.49. The van der Waals surface area contributed by atoms with Gasteiger partial charge in [-0.1, -0.05) is 11.6 Å². The molecule has 1 aromatic rings. The second kappa shape index (κ2) is 5.51. The molecular formula is C12H18ClN3. The van der Waals surface area contributed by atoms with Gasteiger partial charge in [0.05, 0.1) is 0 Å². The Morgan fingerprint density at radius 2 is 2.56 bits per heavy atom. The van der Waals surface area contributed by atoms with Crippen molar-refractivity contribution in [2.24, 2.45) is 0 Å². The lowest BCUT2D eigenvalue weighted by Gasteiger charge is -2.19. The normalized spacial score (nSPS) is 22.0. The minimum absolute atomic E-state index is 0.453. The summed E-state index contributed by atoms with van der Waals surface area (Å²) in [6.45, 7) is 3.37. The van der Waals surface area contributed by atoms with Crippen LogP contribution in [0.15, 0.2) is 18.3 Å². The molecule has 1 saturated heterocycles. The highest BCUT2D eigenvalue weighted by atomic mass is 35.5. The van der Waals surface area contributed by atoms with Gasteiger partial charge in [-0.2, -0.15) is 0 Å². The Morgan fingerprint density at radius 1 is 1.69 bits per heavy atom. The van der Waals surface area contributed by atoms with Gasteiger partial charge < -0.3 is 10.6 Å². The third-order valence-electron chi connectivity index (χ3n) is 2.94. The molecule has 0 saturated carbocycles. The number of hydrogen-bond acceptors (Lipinski definition) is 3. The van der Waals surface area contributed by atoms with Crippen LogP contribution in [0.4, 0.5) is 5.69 Å². The van der Waals surface area contributed by atoms with Gasteiger partial charge in [0.15, 0.2) is 0 Å². The summed E-state index contributed by atoms with van der Waals surface area (Å²) < 4.78 is 0. The van der Waals surface area contributed by atoms with Crippen molar-refractivity contribution in [3.8, 4) is 0 Å². The van der Waals surface area contributed by atoms with Gasteiger partial charge >= 0.3 is 0 Å². The third-order valence-corrected chi connectivity index (χ3v) is 3.15. The number of nitrogens with one attached hydrogen (secondary N) is 2. The first kappa shape index (κ1) is 11.7. The van der Waals surface area contributed by atoms with Crippen molar-refractivity contribution in [2.45, 2.75) is 38.3 Å². The molecule has 0 aromatic carbocycles. The minimum Gasteiger partial charge on any atom is -0.382 e. The number of nitrogens with zero attached hydrogens (tertiary/aromatic N) is 1. The molecule has 1 fully saturated rings. The van der Waals surface area contributed by atoms with Gasteiger partial charge in [0, 0.05) is 24.0 Å². The van der Waals surface area contributed by atoms with E-state index in [1.807, 2.05) is 12.1 Å². The predicted octanol–water partition coefficient (Wildman–Crippen LogP) is 2.68. The van der Waals surface area contributed by atoms with Crippen molar-refractivity contribution in [1.82, 2.24) is 10.3 Å². The van der Waals surface area contributed by atoms with Gasteiger partial charge in [0.25, 0.3) is 0 Å². The molecule has 0 radical (unpaired) electrons. The monoisotopic (exact) mass is 239 g/mol. The summed E-state index contributed by atoms with van der Waals surface area (Å²) >= 11 is 5.84. The number of halogens is 1. The van der Waals surface area contributed by atoms with Gasteiger partial charge in [0.1, 0.15) is 5.15 Å². The molecule has 2 atom stereocenters. The van der Waals surface area contributed by atoms with Gasteiger partial charge in [-0.05, 0) is 44.9 Å². The maximum atomic E-state index is 5.84. The van der Waals surface area contributed by atoms with Crippen LogP contribution < -0.4 is 10.6 Å². The van der Waals surface area contributed by atoms with E-state index in [1.165, 1.54) is 19.4 Å². The minimum atomic E-state index is 0.453. The van der Waals surface area contributed by atoms with E-state index in [0.717, 1.165) is 12.1 Å². The van der Waals surface area contributed by atoms with Gasteiger partial charge in [-0.15, -0.1) is 0 Å². The molecule has 1 aliphatic heterocycles. The summed E-state index contributed by atoms with van der Waals surface area (Å²) in [5.41, 5.74) is 1.05. The third kappa shape index (κ3) is 3.35. The Morgan fingerprint density at radius 3 is 3.25 bits per heavy atom. The molecule has 88 valence electrons. The molecule has 4 heteroatoms. The molecule has 2 N–H and O–H groups in total. The van der Waals surface area contributed by atoms with E-state index in [4.69, 9.17) is 11.6 Å². The van der Waals surface area contributed by atoms with E-state index in [-0.39, 0.29) is 0 Å². The van der Waals surface area contributed by atoms with Gasteiger partial charge in [-0.3, -0.25) is 0 Å². The molecule has 2 rings (SSSR count). The SMILES string of the molecule is CC(CC1CCCN1)Nc1ccnc(Cl)c1. The van der Waals surface area contributed by atoms with Crippen LogP contribution in [0.5, 0.6) is 0 Å². The lowest BCUT2D eigenvalue weighted by Crippen LogP contribution is -2.29. The van der Waals surface area contributed by atoms with Crippen molar-refractivity contribution < 1.29 is 0 Å². The molecule has 0 bridgehead atoms. The van der Waals surface area contributed by atoms with Crippen LogP contribution in [-0.4, -0.2) is 23.6 Å². The van der Waals surface area contributed by atoms with E-state index in [0.29, 0.717) is 17.2 Å². The zero-order valence-electron chi connectivity index (χ0n) is 9.54. The Hall–Kier alpha value is -0.800. The first-order valence-electron chi connectivity index (χ1n) is 5.85. The molecule has 0 amide bonds. The Labute approximate surface area is 102 Å². The number of aromatic nitrogens is 1. The molecule has 0 aliphatic carbocycles. The molecule has 3 nitrogen and oxygen atoms in total. The average molecular weight is 240 g/mol. The zero-order valence-corrected chi connectivity index (χ0v) is 10.3. The van der Waals surface area contributed by atoms with Crippen LogP contribution in [0.25, 0.3) is 0 Å². The van der Waals surface area contributed by atoms with Crippen molar-refractivity contribution >= 4 is 17.3 Å². The van der Waals surface area contributed by atoms with Crippen molar-refractivity contribution in [2.75, 3.05) is 11.9 Å². The Kier molecular flexibility index (Phi) is 4.02. The van der Waals surface area contributed by atoms with Crippen LogP contribution in [0.1, 0.15) is 26.2 Å². The fraction of sp³-hybridized carbons (Fsp3) is 0.583. The summed E-state index contributed by atoms with van der Waals surface area (Å²) in [5.74, 6) is 0. The molecule has 2 unspecified atom stereocenters. The first-order valence-corrected chi connectivity index (χ1v) is 6.23. The Bertz CT molecular complexity index is 337. The fourth-order valence-electron chi connectivity index (χ4n) is 2.22.